The lowest BCUT2D eigenvalue weighted by molar-refractivity contribution is 0.0992. The number of pyridine rings is 4. The summed E-state index contributed by atoms with van der Waals surface area (Å²) in [6.07, 6.45) is 7.28. The molecule has 4 aromatic heterocycles. The zero-order chi connectivity index (χ0) is 21.9. The van der Waals surface area contributed by atoms with Crippen LogP contribution in [0.25, 0.3) is 22.2 Å². The second-order valence-electron chi connectivity index (χ2n) is 8.10. The van der Waals surface area contributed by atoms with Crippen molar-refractivity contribution in [1.29, 1.82) is 0 Å². The highest BCUT2D eigenvalue weighted by Crippen LogP contribution is 2.21. The Morgan fingerprint density at radius 2 is 1.69 bits per heavy atom. The molecule has 0 amide bonds. The Morgan fingerprint density at radius 3 is 2.50 bits per heavy atom. The zero-order valence-corrected chi connectivity index (χ0v) is 18.0. The van der Waals surface area contributed by atoms with Crippen LogP contribution in [-0.2, 0) is 6.42 Å². The van der Waals surface area contributed by atoms with E-state index in [0.29, 0.717) is 5.56 Å². The molecule has 1 fully saturated rings. The van der Waals surface area contributed by atoms with Gasteiger partial charge in [-0.1, -0.05) is 6.07 Å². The van der Waals surface area contributed by atoms with Crippen molar-refractivity contribution in [3.8, 4) is 11.4 Å². The summed E-state index contributed by atoms with van der Waals surface area (Å²) in [5, 5.41) is 1.92. The molecule has 0 bridgehead atoms. The van der Waals surface area contributed by atoms with Crippen LogP contribution >= 0.6 is 0 Å². The quantitative estimate of drug-likeness (QED) is 0.455. The van der Waals surface area contributed by atoms with Crippen molar-refractivity contribution in [2.75, 3.05) is 38.1 Å². The summed E-state index contributed by atoms with van der Waals surface area (Å²) in [5.41, 5.74) is 3.02. The van der Waals surface area contributed by atoms with Crippen LogP contribution in [0.4, 0.5) is 5.82 Å². The SMILES string of the molecule is CN1CCN(c2cc(C(=O)Cc3cc4cc(-c5ccccn5)ncc4cn3)ccn2)CC1. The molecular formula is C25H24N6O. The molecule has 0 spiro atoms. The monoisotopic (exact) mass is 424 g/mol. The van der Waals surface area contributed by atoms with Gasteiger partial charge in [0.05, 0.1) is 17.8 Å². The number of fused-ring (bicyclic) bond motifs is 1. The van der Waals surface area contributed by atoms with Crippen LogP contribution in [-0.4, -0.2) is 63.8 Å². The molecule has 0 aromatic carbocycles. The molecule has 160 valence electrons. The number of ketones is 1. The third-order valence-corrected chi connectivity index (χ3v) is 5.82. The van der Waals surface area contributed by atoms with E-state index in [-0.39, 0.29) is 12.2 Å². The minimum Gasteiger partial charge on any atom is -0.354 e. The van der Waals surface area contributed by atoms with Gasteiger partial charge in [-0.25, -0.2) is 4.98 Å². The van der Waals surface area contributed by atoms with Crippen LogP contribution in [0.5, 0.6) is 0 Å². The molecule has 1 aliphatic rings. The molecule has 0 atom stereocenters. The minimum atomic E-state index is 0.0358. The number of hydrogen-bond acceptors (Lipinski definition) is 7. The molecule has 0 unspecified atom stereocenters. The van der Waals surface area contributed by atoms with Gasteiger partial charge in [-0.15, -0.1) is 0 Å². The highest BCUT2D eigenvalue weighted by Gasteiger charge is 2.17. The first-order valence-electron chi connectivity index (χ1n) is 10.7. The Hall–Kier alpha value is -3.71. The molecule has 32 heavy (non-hydrogen) atoms. The van der Waals surface area contributed by atoms with Crippen molar-refractivity contribution in [1.82, 2.24) is 24.8 Å². The number of likely N-dealkylation sites (N-methyl/N-ethyl adjacent to an activating group) is 1. The fraction of sp³-hybridized carbons (Fsp3) is 0.240. The maximum Gasteiger partial charge on any atom is 0.169 e. The largest absolute Gasteiger partial charge is 0.354 e. The van der Waals surface area contributed by atoms with Gasteiger partial charge < -0.3 is 9.80 Å². The third-order valence-electron chi connectivity index (χ3n) is 5.82. The number of rotatable bonds is 5. The normalized spacial score (nSPS) is 14.6. The van der Waals surface area contributed by atoms with E-state index < -0.39 is 0 Å². The van der Waals surface area contributed by atoms with Crippen molar-refractivity contribution in [3.63, 3.8) is 0 Å². The van der Waals surface area contributed by atoms with Crippen LogP contribution in [0.1, 0.15) is 16.1 Å². The number of aromatic nitrogens is 4. The molecule has 0 aliphatic carbocycles. The van der Waals surface area contributed by atoms with Crippen LogP contribution in [0.3, 0.4) is 0 Å². The maximum atomic E-state index is 13.0. The van der Waals surface area contributed by atoms with E-state index in [4.69, 9.17) is 0 Å². The third kappa shape index (κ3) is 4.33. The predicted octanol–water partition coefficient (Wildman–Crippen LogP) is 3.26. The summed E-state index contributed by atoms with van der Waals surface area (Å²) in [5.74, 6) is 0.898. The van der Waals surface area contributed by atoms with Gasteiger partial charge >= 0.3 is 0 Å². The highest BCUT2D eigenvalue weighted by atomic mass is 16.1. The first-order valence-corrected chi connectivity index (χ1v) is 10.7. The van der Waals surface area contributed by atoms with E-state index in [1.165, 1.54) is 0 Å². The van der Waals surface area contributed by atoms with Gasteiger partial charge in [-0.3, -0.25) is 19.7 Å². The average molecular weight is 425 g/mol. The van der Waals surface area contributed by atoms with Crippen molar-refractivity contribution >= 4 is 22.4 Å². The Morgan fingerprint density at radius 1 is 0.844 bits per heavy atom. The van der Waals surface area contributed by atoms with Gasteiger partial charge in [0.1, 0.15) is 5.82 Å². The number of hydrogen-bond donors (Lipinski definition) is 0. The molecular weight excluding hydrogens is 400 g/mol. The van der Waals surface area contributed by atoms with Gasteiger partial charge in [-0.2, -0.15) is 0 Å². The molecule has 5 rings (SSSR count). The summed E-state index contributed by atoms with van der Waals surface area (Å²) in [4.78, 5) is 35.4. The average Bonchev–Trinajstić information content (AvgIpc) is 2.84. The van der Waals surface area contributed by atoms with Crippen molar-refractivity contribution in [2.24, 2.45) is 0 Å². The van der Waals surface area contributed by atoms with Crippen molar-refractivity contribution in [3.05, 3.63) is 78.5 Å². The van der Waals surface area contributed by atoms with Gasteiger partial charge in [0.15, 0.2) is 5.78 Å². The van der Waals surface area contributed by atoms with Crippen LogP contribution in [0.2, 0.25) is 0 Å². The van der Waals surface area contributed by atoms with Gasteiger partial charge in [0.2, 0.25) is 0 Å². The summed E-state index contributed by atoms with van der Waals surface area (Å²) in [6.45, 7) is 3.83. The van der Waals surface area contributed by atoms with Crippen LogP contribution in [0.15, 0.2) is 67.3 Å². The second-order valence-corrected chi connectivity index (χ2v) is 8.10. The molecule has 4 aromatic rings. The standard InChI is InChI=1S/C25H24N6O/c1-30-8-10-31(11-9-30)25-14-18(5-7-27-25)24(32)15-21-12-19-13-23(22-4-2-3-6-26-22)29-17-20(19)16-28-21/h2-7,12-14,16-17H,8-11,15H2,1H3. The fourth-order valence-corrected chi connectivity index (χ4v) is 3.90. The van der Waals surface area contributed by atoms with E-state index in [1.807, 2.05) is 36.4 Å². The smallest absolute Gasteiger partial charge is 0.169 e. The topological polar surface area (TPSA) is 75.1 Å². The molecule has 7 heteroatoms. The number of piperazine rings is 1. The first kappa shape index (κ1) is 20.2. The summed E-state index contributed by atoms with van der Waals surface area (Å²) in [6, 6.07) is 13.4. The Kier molecular flexibility index (Phi) is 5.56. The van der Waals surface area contributed by atoms with E-state index in [1.54, 1.807) is 30.9 Å². The number of anilines is 1. The van der Waals surface area contributed by atoms with E-state index in [0.717, 1.165) is 59.9 Å². The Balaban J connectivity index is 1.36. The molecule has 0 saturated carbocycles. The van der Waals surface area contributed by atoms with Gasteiger partial charge in [0.25, 0.3) is 0 Å². The molecule has 1 aliphatic heterocycles. The molecule has 0 radical (unpaired) electrons. The Labute approximate surface area is 186 Å². The van der Waals surface area contributed by atoms with E-state index >= 15 is 0 Å². The lowest BCUT2D eigenvalue weighted by Crippen LogP contribution is -2.44. The van der Waals surface area contributed by atoms with Crippen molar-refractivity contribution in [2.45, 2.75) is 6.42 Å². The molecule has 5 heterocycles. The first-order chi connectivity index (χ1) is 15.7. The van der Waals surface area contributed by atoms with Crippen molar-refractivity contribution < 1.29 is 4.79 Å². The van der Waals surface area contributed by atoms with Crippen LogP contribution in [0, 0.1) is 0 Å². The lowest BCUT2D eigenvalue weighted by Gasteiger charge is -2.33. The lowest BCUT2D eigenvalue weighted by atomic mass is 10.1. The zero-order valence-electron chi connectivity index (χ0n) is 18.0. The Bertz CT molecular complexity index is 1250. The van der Waals surface area contributed by atoms with E-state index in [2.05, 4.69) is 36.8 Å². The highest BCUT2D eigenvalue weighted by molar-refractivity contribution is 5.98. The van der Waals surface area contributed by atoms with Gasteiger partial charge in [-0.05, 0) is 48.8 Å². The summed E-state index contributed by atoms with van der Waals surface area (Å²) in [7, 11) is 2.12. The minimum absolute atomic E-state index is 0.0358. The number of carbonyl (C=O) groups is 1. The molecule has 7 nitrogen and oxygen atoms in total. The fourth-order valence-electron chi connectivity index (χ4n) is 3.90. The number of carbonyl (C=O) groups excluding carboxylic acids is 1. The predicted molar refractivity (Wildman–Crippen MR) is 125 cm³/mol. The van der Waals surface area contributed by atoms with Gasteiger partial charge in [0, 0.05) is 67.6 Å². The maximum absolute atomic E-state index is 13.0. The van der Waals surface area contributed by atoms with Crippen LogP contribution < -0.4 is 4.90 Å². The molecule has 1 saturated heterocycles. The van der Waals surface area contributed by atoms with E-state index in [9.17, 15) is 4.79 Å². The summed E-state index contributed by atoms with van der Waals surface area (Å²) >= 11 is 0. The second kappa shape index (κ2) is 8.80. The summed E-state index contributed by atoms with van der Waals surface area (Å²) < 4.78 is 0. The number of Topliss-reactive ketones (excluding diaryl/α,β-unsaturated/α-hetero) is 1. The molecule has 0 N–H and O–H groups in total. The number of nitrogens with zero attached hydrogens (tertiary/aromatic N) is 6.